The molecule has 142 valence electrons. The molecule has 2 amide bonds. The van der Waals surface area contributed by atoms with Gasteiger partial charge in [0, 0.05) is 44.9 Å². The minimum absolute atomic E-state index is 0.0683. The zero-order chi connectivity index (χ0) is 18.5. The number of carbonyl (C=O) groups excluding carboxylic acids is 2. The predicted molar refractivity (Wildman–Crippen MR) is 94.8 cm³/mol. The molecule has 2 atom stereocenters. The van der Waals surface area contributed by atoms with Crippen LogP contribution < -0.4 is 5.32 Å². The lowest BCUT2D eigenvalue weighted by Crippen LogP contribution is -2.56. The number of hydrogen-bond acceptors (Lipinski definition) is 4. The van der Waals surface area contributed by atoms with E-state index in [9.17, 15) is 14.0 Å². The van der Waals surface area contributed by atoms with Gasteiger partial charge in [-0.25, -0.2) is 4.39 Å². The zero-order valence-electron chi connectivity index (χ0n) is 15.1. The van der Waals surface area contributed by atoms with E-state index in [1.807, 2.05) is 11.8 Å². The molecular weight excluding hydrogens is 337 g/mol. The Labute approximate surface area is 153 Å². The molecule has 2 saturated heterocycles. The Kier molecular flexibility index (Phi) is 6.21. The maximum Gasteiger partial charge on any atom is 0.251 e. The fraction of sp³-hybridized carbons (Fsp3) is 0.579. The van der Waals surface area contributed by atoms with E-state index in [4.69, 9.17) is 4.74 Å². The van der Waals surface area contributed by atoms with Gasteiger partial charge in [0.05, 0.1) is 6.04 Å². The van der Waals surface area contributed by atoms with E-state index in [-0.39, 0.29) is 36.3 Å². The second-order valence-electron chi connectivity index (χ2n) is 6.85. The number of halogens is 1. The molecular formula is C19H26FN3O3. The quantitative estimate of drug-likeness (QED) is 0.853. The van der Waals surface area contributed by atoms with Crippen LogP contribution in [0.5, 0.6) is 0 Å². The Hall–Kier alpha value is -1.99. The van der Waals surface area contributed by atoms with Crippen LogP contribution in [0.25, 0.3) is 0 Å². The van der Waals surface area contributed by atoms with E-state index in [0.717, 1.165) is 12.8 Å². The van der Waals surface area contributed by atoms with E-state index in [1.165, 1.54) is 6.07 Å². The Balaban J connectivity index is 1.45. The van der Waals surface area contributed by atoms with Crippen molar-refractivity contribution in [2.75, 3.05) is 32.8 Å². The minimum Gasteiger partial charge on any atom is -0.368 e. The summed E-state index contributed by atoms with van der Waals surface area (Å²) in [5, 5.41) is 2.79. The lowest BCUT2D eigenvalue weighted by Gasteiger charge is -2.38. The van der Waals surface area contributed by atoms with Crippen molar-refractivity contribution < 1.29 is 18.7 Å². The number of benzene rings is 1. The van der Waals surface area contributed by atoms with Crippen LogP contribution in [0.15, 0.2) is 24.3 Å². The summed E-state index contributed by atoms with van der Waals surface area (Å²) in [7, 11) is 0. The first-order valence-corrected chi connectivity index (χ1v) is 9.22. The van der Waals surface area contributed by atoms with Crippen LogP contribution in [-0.2, 0) is 20.9 Å². The standard InChI is InChI=1S/C19H26FN3O3/c1-14(18(24)21-13-15-5-2-3-6-16(15)20)22-8-10-23(11-9-22)19(25)17-7-4-12-26-17/h2-3,5-6,14,17H,4,7-13H2,1H3,(H,21,24). The third kappa shape index (κ3) is 4.40. The summed E-state index contributed by atoms with van der Waals surface area (Å²) in [5.41, 5.74) is 0.472. The third-order valence-corrected chi connectivity index (χ3v) is 5.17. The van der Waals surface area contributed by atoms with Crippen molar-refractivity contribution in [3.63, 3.8) is 0 Å². The van der Waals surface area contributed by atoms with Crippen molar-refractivity contribution in [3.05, 3.63) is 35.6 Å². The average Bonchev–Trinajstić information content (AvgIpc) is 3.21. The van der Waals surface area contributed by atoms with Crippen molar-refractivity contribution in [2.24, 2.45) is 0 Å². The SMILES string of the molecule is CC(C(=O)NCc1ccccc1F)N1CCN(C(=O)C2CCCO2)CC1. The van der Waals surface area contributed by atoms with Crippen molar-refractivity contribution in [3.8, 4) is 0 Å². The summed E-state index contributed by atoms with van der Waals surface area (Å²) < 4.78 is 19.1. The number of ether oxygens (including phenoxy) is 1. The van der Waals surface area contributed by atoms with Crippen molar-refractivity contribution in [1.82, 2.24) is 15.1 Å². The van der Waals surface area contributed by atoms with E-state index in [2.05, 4.69) is 10.2 Å². The number of hydrogen-bond donors (Lipinski definition) is 1. The highest BCUT2D eigenvalue weighted by Gasteiger charge is 2.32. The van der Waals surface area contributed by atoms with Crippen LogP contribution >= 0.6 is 0 Å². The van der Waals surface area contributed by atoms with Gasteiger partial charge in [0.1, 0.15) is 11.9 Å². The maximum atomic E-state index is 13.6. The minimum atomic E-state index is -0.318. The van der Waals surface area contributed by atoms with Crippen LogP contribution in [0.2, 0.25) is 0 Å². The number of nitrogens with one attached hydrogen (secondary N) is 1. The normalized spacial score (nSPS) is 22.2. The summed E-state index contributed by atoms with van der Waals surface area (Å²) in [4.78, 5) is 28.6. The fourth-order valence-electron chi connectivity index (χ4n) is 3.44. The Morgan fingerprint density at radius 2 is 2.00 bits per heavy atom. The largest absolute Gasteiger partial charge is 0.368 e. The van der Waals surface area contributed by atoms with Gasteiger partial charge in [0.2, 0.25) is 5.91 Å². The molecule has 2 fully saturated rings. The van der Waals surface area contributed by atoms with Gasteiger partial charge in [-0.05, 0) is 25.8 Å². The summed E-state index contributed by atoms with van der Waals surface area (Å²) in [6.07, 6.45) is 1.45. The van der Waals surface area contributed by atoms with Gasteiger partial charge < -0.3 is 15.0 Å². The van der Waals surface area contributed by atoms with Crippen molar-refractivity contribution >= 4 is 11.8 Å². The molecule has 26 heavy (non-hydrogen) atoms. The second-order valence-corrected chi connectivity index (χ2v) is 6.85. The molecule has 0 spiro atoms. The van der Waals surface area contributed by atoms with Gasteiger partial charge in [0.15, 0.2) is 0 Å². The average molecular weight is 363 g/mol. The molecule has 0 aromatic heterocycles. The molecule has 7 heteroatoms. The Morgan fingerprint density at radius 3 is 2.65 bits per heavy atom. The number of carbonyl (C=O) groups is 2. The van der Waals surface area contributed by atoms with Gasteiger partial charge in [0.25, 0.3) is 5.91 Å². The molecule has 2 aliphatic heterocycles. The van der Waals surface area contributed by atoms with Gasteiger partial charge >= 0.3 is 0 Å². The molecule has 1 aromatic carbocycles. The molecule has 1 aromatic rings. The van der Waals surface area contributed by atoms with Crippen LogP contribution in [-0.4, -0.2) is 66.5 Å². The molecule has 6 nitrogen and oxygen atoms in total. The highest BCUT2D eigenvalue weighted by atomic mass is 19.1. The lowest BCUT2D eigenvalue weighted by molar-refractivity contribution is -0.143. The molecule has 0 saturated carbocycles. The molecule has 2 heterocycles. The van der Waals surface area contributed by atoms with Crippen LogP contribution in [0.1, 0.15) is 25.3 Å². The Morgan fingerprint density at radius 1 is 1.27 bits per heavy atom. The Bertz CT molecular complexity index is 641. The van der Waals surface area contributed by atoms with Crippen molar-refractivity contribution in [2.45, 2.75) is 38.5 Å². The zero-order valence-corrected chi connectivity index (χ0v) is 15.1. The predicted octanol–water partition coefficient (Wildman–Crippen LogP) is 1.15. The van der Waals surface area contributed by atoms with Crippen LogP contribution in [0.3, 0.4) is 0 Å². The summed E-state index contributed by atoms with van der Waals surface area (Å²) in [5.74, 6) is -0.382. The fourth-order valence-corrected chi connectivity index (χ4v) is 3.44. The number of piperazine rings is 1. The van der Waals surface area contributed by atoms with Gasteiger partial charge in [-0.1, -0.05) is 18.2 Å². The molecule has 0 bridgehead atoms. The first kappa shape index (κ1) is 18.8. The van der Waals surface area contributed by atoms with Gasteiger partial charge in [-0.2, -0.15) is 0 Å². The summed E-state index contributed by atoms with van der Waals surface area (Å²) in [6.45, 7) is 5.17. The molecule has 0 radical (unpaired) electrons. The number of amides is 2. The van der Waals surface area contributed by atoms with Crippen molar-refractivity contribution in [1.29, 1.82) is 0 Å². The highest BCUT2D eigenvalue weighted by Crippen LogP contribution is 2.16. The number of rotatable bonds is 5. The van der Waals surface area contributed by atoms with E-state index in [1.54, 1.807) is 18.2 Å². The van der Waals surface area contributed by atoms with E-state index in [0.29, 0.717) is 38.3 Å². The molecule has 2 unspecified atom stereocenters. The van der Waals surface area contributed by atoms with E-state index < -0.39 is 0 Å². The monoisotopic (exact) mass is 363 g/mol. The third-order valence-electron chi connectivity index (χ3n) is 5.17. The van der Waals surface area contributed by atoms with Crippen LogP contribution in [0, 0.1) is 5.82 Å². The topological polar surface area (TPSA) is 61.9 Å². The smallest absolute Gasteiger partial charge is 0.251 e. The van der Waals surface area contributed by atoms with E-state index >= 15 is 0 Å². The second kappa shape index (κ2) is 8.60. The lowest BCUT2D eigenvalue weighted by atomic mass is 10.1. The van der Waals surface area contributed by atoms with Gasteiger partial charge in [-0.15, -0.1) is 0 Å². The first-order chi connectivity index (χ1) is 12.6. The molecule has 3 rings (SSSR count). The summed E-state index contributed by atoms with van der Waals surface area (Å²) >= 11 is 0. The van der Waals surface area contributed by atoms with Gasteiger partial charge in [-0.3, -0.25) is 14.5 Å². The maximum absolute atomic E-state index is 13.6. The highest BCUT2D eigenvalue weighted by molar-refractivity contribution is 5.82. The van der Waals surface area contributed by atoms with Crippen LogP contribution in [0.4, 0.5) is 4.39 Å². The molecule has 2 aliphatic rings. The first-order valence-electron chi connectivity index (χ1n) is 9.22. The molecule has 1 N–H and O–H groups in total. The molecule has 0 aliphatic carbocycles. The summed E-state index contributed by atoms with van der Waals surface area (Å²) in [6, 6.07) is 6.10. The number of nitrogens with zero attached hydrogens (tertiary/aromatic N) is 2.